The number of sulfonamides is 2. The van der Waals surface area contributed by atoms with Crippen LogP contribution in [0.1, 0.15) is 43.2 Å². The van der Waals surface area contributed by atoms with Crippen LogP contribution in [0.4, 0.5) is 5.00 Å². The summed E-state index contributed by atoms with van der Waals surface area (Å²) >= 11 is 2.61. The molecule has 194 valence electrons. The highest BCUT2D eigenvalue weighted by molar-refractivity contribution is 7.91. The first-order valence-corrected chi connectivity index (χ1v) is 16.6. The van der Waals surface area contributed by atoms with Crippen LogP contribution in [0.2, 0.25) is 0 Å². The van der Waals surface area contributed by atoms with Gasteiger partial charge in [-0.3, -0.25) is 4.79 Å². The zero-order chi connectivity index (χ0) is 25.7. The van der Waals surface area contributed by atoms with Crippen molar-refractivity contribution >= 4 is 59.5 Å². The van der Waals surface area contributed by atoms with Gasteiger partial charge in [0.2, 0.25) is 10.0 Å². The summed E-state index contributed by atoms with van der Waals surface area (Å²) in [6, 6.07) is 1.78. The summed E-state index contributed by atoms with van der Waals surface area (Å²) in [7, 11) is -7.79. The highest BCUT2D eigenvalue weighted by Crippen LogP contribution is 2.42. The van der Waals surface area contributed by atoms with Gasteiger partial charge in [0, 0.05) is 30.6 Å². The minimum Gasteiger partial charge on any atom is -0.511 e. The third kappa shape index (κ3) is 4.84. The molecule has 2 atom stereocenters. The Balaban J connectivity index is 1.54. The van der Waals surface area contributed by atoms with Crippen molar-refractivity contribution in [2.45, 2.75) is 56.1 Å². The molecular weight excluding hydrogens is 545 g/mol. The highest BCUT2D eigenvalue weighted by atomic mass is 32.2. The van der Waals surface area contributed by atoms with Gasteiger partial charge in [0.15, 0.2) is 5.84 Å². The Morgan fingerprint density at radius 2 is 2.03 bits per heavy atom. The van der Waals surface area contributed by atoms with Crippen molar-refractivity contribution < 1.29 is 26.7 Å². The largest absolute Gasteiger partial charge is 0.511 e. The van der Waals surface area contributed by atoms with E-state index in [0.717, 1.165) is 48.8 Å². The zero-order valence-electron chi connectivity index (χ0n) is 19.4. The van der Waals surface area contributed by atoms with Crippen LogP contribution < -0.4 is 10.0 Å². The number of hydrogen-bond acceptors (Lipinski definition) is 9. The number of carbonyl (C=O) groups is 1. The maximum absolute atomic E-state index is 13.8. The van der Waals surface area contributed by atoms with Gasteiger partial charge in [-0.25, -0.2) is 13.1 Å². The monoisotopic (exact) mass is 570 g/mol. The van der Waals surface area contributed by atoms with Crippen molar-refractivity contribution in [3.63, 3.8) is 0 Å². The lowest BCUT2D eigenvalue weighted by atomic mass is 9.84. The molecule has 2 unspecified atom stereocenters. The topological polar surface area (TPSA) is 145 Å². The van der Waals surface area contributed by atoms with E-state index in [4.69, 9.17) is 0 Å². The molecule has 1 amide bonds. The Morgan fingerprint density at radius 3 is 2.75 bits per heavy atom. The average molecular weight is 571 g/mol. The molecule has 0 saturated heterocycles. The van der Waals surface area contributed by atoms with Gasteiger partial charge in [0.1, 0.15) is 21.2 Å². The van der Waals surface area contributed by atoms with Crippen molar-refractivity contribution in [2.24, 2.45) is 10.3 Å². The fraction of sp³-hybridized carbons (Fsp3) is 0.455. The molecule has 36 heavy (non-hydrogen) atoms. The van der Waals surface area contributed by atoms with Gasteiger partial charge in [0.25, 0.3) is 15.9 Å². The standard InChI is InChI=1S/C22H26N4O6S4/c1-35(29,30)23-9-14-12-34-21-19(14)36(31,32)25-20(24-21)17-18(27)15-5-3-2-4-6-16(15)26(22(17)28)10-13-7-8-33-11-13/h7-8,11-12,15-16,23,27H,2-6,9-10H2,1H3,(H,24,25). The van der Waals surface area contributed by atoms with Gasteiger partial charge in [-0.1, -0.05) is 19.3 Å². The zero-order valence-corrected chi connectivity index (χ0v) is 22.7. The van der Waals surface area contributed by atoms with E-state index in [0.29, 0.717) is 13.0 Å². The maximum Gasteiger partial charge on any atom is 0.287 e. The second-order valence-electron chi connectivity index (χ2n) is 9.19. The molecule has 1 saturated carbocycles. The third-order valence-electron chi connectivity index (χ3n) is 6.67. The Kier molecular flexibility index (Phi) is 6.74. The number of amidine groups is 1. The molecule has 4 heterocycles. The maximum atomic E-state index is 13.8. The summed E-state index contributed by atoms with van der Waals surface area (Å²) in [6.45, 7) is 0.160. The Bertz CT molecular complexity index is 1460. The summed E-state index contributed by atoms with van der Waals surface area (Å²) in [5, 5.41) is 19.9. The van der Waals surface area contributed by atoms with Crippen LogP contribution in [-0.2, 0) is 37.9 Å². The first-order chi connectivity index (χ1) is 17.0. The van der Waals surface area contributed by atoms with E-state index in [1.165, 1.54) is 16.7 Å². The van der Waals surface area contributed by atoms with Gasteiger partial charge < -0.3 is 15.3 Å². The number of thiophene rings is 2. The summed E-state index contributed by atoms with van der Waals surface area (Å²) in [5.74, 6) is -1.08. The minimum atomic E-state index is -4.26. The predicted octanol–water partition coefficient (Wildman–Crippen LogP) is 3.17. The number of carbonyl (C=O) groups excluding carboxylic acids is 1. The van der Waals surface area contributed by atoms with Gasteiger partial charge in [-0.05, 0) is 40.6 Å². The molecule has 2 aromatic rings. The van der Waals surface area contributed by atoms with E-state index in [9.17, 15) is 26.7 Å². The molecule has 0 spiro atoms. The molecule has 14 heteroatoms. The summed E-state index contributed by atoms with van der Waals surface area (Å²) in [6.07, 6.45) is 5.31. The molecule has 2 aliphatic heterocycles. The fourth-order valence-electron chi connectivity index (χ4n) is 5.05. The molecule has 2 aromatic heterocycles. The number of aliphatic hydroxyl groups excluding tert-OH is 1. The van der Waals surface area contributed by atoms with Gasteiger partial charge in [-0.2, -0.15) is 19.8 Å². The van der Waals surface area contributed by atoms with Crippen molar-refractivity contribution in [1.82, 2.24) is 9.62 Å². The van der Waals surface area contributed by atoms with Crippen LogP contribution in [0.25, 0.3) is 0 Å². The quantitative estimate of drug-likeness (QED) is 0.484. The van der Waals surface area contributed by atoms with Crippen LogP contribution in [0.5, 0.6) is 0 Å². The van der Waals surface area contributed by atoms with Crippen LogP contribution in [0.15, 0.2) is 42.8 Å². The number of amides is 1. The van der Waals surface area contributed by atoms with Crippen molar-refractivity contribution in [2.75, 3.05) is 11.6 Å². The number of hydrogen-bond donors (Lipinski definition) is 3. The summed E-state index contributed by atoms with van der Waals surface area (Å²) in [4.78, 5) is 15.4. The van der Waals surface area contributed by atoms with Gasteiger partial charge >= 0.3 is 0 Å². The molecule has 10 nitrogen and oxygen atoms in total. The van der Waals surface area contributed by atoms with E-state index < -0.39 is 26.0 Å². The molecular formula is C22H26N4O6S4. The highest BCUT2D eigenvalue weighted by Gasteiger charge is 2.45. The van der Waals surface area contributed by atoms with E-state index in [2.05, 4.69) is 14.4 Å². The normalized spacial score (nSPS) is 24.0. The molecule has 0 bridgehead atoms. The van der Waals surface area contributed by atoms with E-state index in [1.807, 2.05) is 16.8 Å². The molecule has 1 aliphatic carbocycles. The Labute approximate surface area is 217 Å². The minimum absolute atomic E-state index is 0.117. The molecule has 3 aliphatic rings. The number of aliphatic hydroxyl groups is 1. The predicted molar refractivity (Wildman–Crippen MR) is 139 cm³/mol. The number of nitrogens with zero attached hydrogens (tertiary/aromatic N) is 2. The van der Waals surface area contributed by atoms with Crippen molar-refractivity contribution in [3.8, 4) is 0 Å². The summed E-state index contributed by atoms with van der Waals surface area (Å²) in [5.41, 5.74) is 1.12. The van der Waals surface area contributed by atoms with Gasteiger partial charge in [0.05, 0.1) is 6.26 Å². The van der Waals surface area contributed by atoms with Crippen LogP contribution in [0, 0.1) is 5.92 Å². The lowest BCUT2D eigenvalue weighted by molar-refractivity contribution is -0.132. The van der Waals surface area contributed by atoms with Crippen LogP contribution >= 0.6 is 22.7 Å². The molecule has 0 radical (unpaired) electrons. The Hall–Kier alpha value is -2.26. The van der Waals surface area contributed by atoms with E-state index in [1.54, 1.807) is 4.90 Å². The number of anilines is 1. The second-order valence-corrected chi connectivity index (χ2v) is 14.2. The van der Waals surface area contributed by atoms with E-state index in [-0.39, 0.29) is 51.1 Å². The summed E-state index contributed by atoms with van der Waals surface area (Å²) < 4.78 is 55.6. The second kappa shape index (κ2) is 9.56. The van der Waals surface area contributed by atoms with E-state index >= 15 is 0 Å². The lowest BCUT2D eigenvalue weighted by Crippen LogP contribution is -2.51. The van der Waals surface area contributed by atoms with Crippen molar-refractivity contribution in [3.05, 3.63) is 44.7 Å². The number of nitrogens with one attached hydrogen (secondary N) is 2. The molecule has 1 fully saturated rings. The Morgan fingerprint density at radius 1 is 1.25 bits per heavy atom. The first-order valence-electron chi connectivity index (χ1n) is 11.5. The average Bonchev–Trinajstić information content (AvgIpc) is 3.39. The SMILES string of the molecule is CS(=O)(=O)NCc1csc2c1S(=O)(=O)N=C(C1=C(O)C3CCCCCC3N(Cc3ccsc3)C1=O)N2. The van der Waals surface area contributed by atoms with Crippen molar-refractivity contribution in [1.29, 1.82) is 0 Å². The fourth-order valence-corrected chi connectivity index (χ4v) is 8.73. The first kappa shape index (κ1) is 25.4. The molecule has 0 aromatic carbocycles. The third-order valence-corrected chi connectivity index (χ3v) is 10.6. The molecule has 3 N–H and O–H groups in total. The smallest absolute Gasteiger partial charge is 0.287 e. The number of rotatable bonds is 6. The lowest BCUT2D eigenvalue weighted by Gasteiger charge is -2.41. The van der Waals surface area contributed by atoms with Gasteiger partial charge in [-0.15, -0.1) is 15.7 Å². The van der Waals surface area contributed by atoms with Crippen LogP contribution in [-0.4, -0.2) is 50.9 Å². The van der Waals surface area contributed by atoms with Crippen LogP contribution in [0.3, 0.4) is 0 Å². The number of fused-ring (bicyclic) bond motifs is 2. The molecule has 5 rings (SSSR count).